The van der Waals surface area contributed by atoms with Gasteiger partial charge in [-0.25, -0.2) is 4.39 Å². The number of benzene rings is 2. The van der Waals surface area contributed by atoms with Crippen LogP contribution in [0.3, 0.4) is 0 Å². The number of hydrogen-bond acceptors (Lipinski definition) is 4. The van der Waals surface area contributed by atoms with Gasteiger partial charge in [-0.3, -0.25) is 9.59 Å². The molecule has 4 rings (SSSR count). The molecule has 0 amide bonds. The molecule has 33 heavy (non-hydrogen) atoms. The summed E-state index contributed by atoms with van der Waals surface area (Å²) in [6.07, 6.45) is -4.57. The van der Waals surface area contributed by atoms with E-state index in [0.29, 0.717) is 0 Å². The lowest BCUT2D eigenvalue weighted by Crippen LogP contribution is -2.42. The largest absolute Gasteiger partial charge is 0.481 e. The molecule has 0 radical (unpaired) electrons. The number of hydrogen-bond donors (Lipinski definition) is 1. The highest BCUT2D eigenvalue weighted by atomic mass is 35.5. The summed E-state index contributed by atoms with van der Waals surface area (Å²) in [4.78, 5) is 26.3. The molecule has 0 spiro atoms. The molecule has 0 saturated carbocycles. The molecule has 2 heterocycles. The Bertz CT molecular complexity index is 1260. The van der Waals surface area contributed by atoms with Crippen LogP contribution in [-0.4, -0.2) is 39.9 Å². The number of anilines is 1. The summed E-state index contributed by atoms with van der Waals surface area (Å²) in [6, 6.07) is 6.85. The van der Waals surface area contributed by atoms with Gasteiger partial charge in [0.05, 0.1) is 33.0 Å². The molecule has 174 valence electrons. The predicted octanol–water partition coefficient (Wildman–Crippen LogP) is 5.08. The number of nitrogens with zero attached hydrogens (tertiary/aromatic N) is 3. The molecule has 0 bridgehead atoms. The fourth-order valence-corrected chi connectivity index (χ4v) is 4.53. The highest BCUT2D eigenvalue weighted by Crippen LogP contribution is 2.37. The van der Waals surface area contributed by atoms with E-state index in [2.05, 4.69) is 5.10 Å². The first-order valence-electron chi connectivity index (χ1n) is 10.1. The predicted molar refractivity (Wildman–Crippen MR) is 113 cm³/mol. The van der Waals surface area contributed by atoms with Crippen molar-refractivity contribution in [1.29, 1.82) is 0 Å². The third-order valence-electron chi connectivity index (χ3n) is 5.89. The van der Waals surface area contributed by atoms with E-state index in [1.807, 2.05) is 0 Å². The summed E-state index contributed by atoms with van der Waals surface area (Å²) in [6.45, 7) is 2.20. The van der Waals surface area contributed by atoms with E-state index in [9.17, 15) is 32.3 Å². The van der Waals surface area contributed by atoms with Crippen molar-refractivity contribution >= 4 is 40.2 Å². The zero-order chi connectivity index (χ0) is 24.1. The topological polar surface area (TPSA) is 75.4 Å². The van der Waals surface area contributed by atoms with Gasteiger partial charge in [0.1, 0.15) is 5.82 Å². The van der Waals surface area contributed by atoms with Gasteiger partial charge in [-0.2, -0.15) is 17.9 Å². The number of carboxylic acid groups (broad SMARTS) is 1. The average molecular weight is 484 g/mol. The Kier molecular flexibility index (Phi) is 5.81. The van der Waals surface area contributed by atoms with Crippen molar-refractivity contribution in [3.05, 3.63) is 58.4 Å². The SMILES string of the molecule is C[C@H]1CN(c2nn(C(=O)c3c(Cl)cccc3C(F)(F)F)c3cccc(F)c23)CC[C@H]1C(=O)O. The van der Waals surface area contributed by atoms with E-state index >= 15 is 0 Å². The Balaban J connectivity index is 1.85. The molecule has 6 nitrogen and oxygen atoms in total. The third-order valence-corrected chi connectivity index (χ3v) is 6.20. The van der Waals surface area contributed by atoms with E-state index in [1.54, 1.807) is 11.8 Å². The van der Waals surface area contributed by atoms with Gasteiger partial charge in [-0.1, -0.05) is 30.7 Å². The molecule has 11 heteroatoms. The zero-order valence-electron chi connectivity index (χ0n) is 17.2. The smallest absolute Gasteiger partial charge is 0.417 e. The van der Waals surface area contributed by atoms with Crippen LogP contribution in [0.15, 0.2) is 36.4 Å². The fourth-order valence-electron chi connectivity index (χ4n) is 4.27. The third kappa shape index (κ3) is 4.03. The van der Waals surface area contributed by atoms with Crippen LogP contribution in [0.1, 0.15) is 29.3 Å². The normalized spacial score (nSPS) is 19.2. The van der Waals surface area contributed by atoms with E-state index in [-0.39, 0.29) is 42.1 Å². The van der Waals surface area contributed by atoms with Gasteiger partial charge < -0.3 is 10.0 Å². The number of halogens is 5. The summed E-state index contributed by atoms with van der Waals surface area (Å²) in [5.41, 5.74) is -2.03. The minimum atomic E-state index is -4.85. The highest BCUT2D eigenvalue weighted by molar-refractivity contribution is 6.34. The summed E-state index contributed by atoms with van der Waals surface area (Å²) >= 11 is 5.98. The number of fused-ring (bicyclic) bond motifs is 1. The standard InChI is InChI=1S/C22H18ClF4N3O3/c1-11-10-29(9-8-12(11)21(32)33)19-18-15(24)6-3-7-16(18)30(28-19)20(31)17-13(22(25,26)27)4-2-5-14(17)23/h2-7,11-12H,8-10H2,1H3,(H,32,33)/t11-,12+/m0/s1. The summed E-state index contributed by atoms with van der Waals surface area (Å²) in [5.74, 6) is -3.60. The lowest BCUT2D eigenvalue weighted by molar-refractivity contribution is -0.144. The van der Waals surface area contributed by atoms with Crippen molar-refractivity contribution in [2.45, 2.75) is 19.5 Å². The van der Waals surface area contributed by atoms with Gasteiger partial charge in [-0.05, 0) is 36.6 Å². The van der Waals surface area contributed by atoms with Crippen LogP contribution in [0.4, 0.5) is 23.4 Å². The van der Waals surface area contributed by atoms with Gasteiger partial charge in [0, 0.05) is 13.1 Å². The average Bonchev–Trinajstić information content (AvgIpc) is 3.13. The van der Waals surface area contributed by atoms with Crippen molar-refractivity contribution in [3.8, 4) is 0 Å². The molecule has 1 fully saturated rings. The molecule has 1 saturated heterocycles. The van der Waals surface area contributed by atoms with Gasteiger partial charge >= 0.3 is 12.1 Å². The van der Waals surface area contributed by atoms with Crippen molar-refractivity contribution in [3.63, 3.8) is 0 Å². The first-order chi connectivity index (χ1) is 15.5. The Morgan fingerprint density at radius 2 is 1.88 bits per heavy atom. The number of aromatic nitrogens is 2. The second kappa shape index (κ2) is 8.33. The second-order valence-electron chi connectivity index (χ2n) is 7.99. The quantitative estimate of drug-likeness (QED) is 0.526. The molecular weight excluding hydrogens is 466 g/mol. The Morgan fingerprint density at radius 3 is 2.52 bits per heavy atom. The van der Waals surface area contributed by atoms with Crippen molar-refractivity contribution in [1.82, 2.24) is 9.78 Å². The van der Waals surface area contributed by atoms with Gasteiger partial charge in [0.15, 0.2) is 5.82 Å². The van der Waals surface area contributed by atoms with Crippen LogP contribution in [0.2, 0.25) is 5.02 Å². The summed E-state index contributed by atoms with van der Waals surface area (Å²) < 4.78 is 56.3. The molecule has 2 atom stereocenters. The first kappa shape index (κ1) is 23.0. The number of carboxylic acids is 1. The lowest BCUT2D eigenvalue weighted by atomic mass is 9.87. The zero-order valence-corrected chi connectivity index (χ0v) is 18.0. The van der Waals surface area contributed by atoms with Gasteiger partial charge in [0.2, 0.25) is 0 Å². The number of carbonyl (C=O) groups excluding carboxylic acids is 1. The van der Waals surface area contributed by atoms with Crippen molar-refractivity contribution in [2.24, 2.45) is 11.8 Å². The first-order valence-corrected chi connectivity index (χ1v) is 10.4. The number of piperidine rings is 1. The maximum atomic E-state index is 14.8. The molecule has 0 aliphatic carbocycles. The summed E-state index contributed by atoms with van der Waals surface area (Å²) in [5, 5.41) is 13.1. The monoisotopic (exact) mass is 483 g/mol. The highest BCUT2D eigenvalue weighted by Gasteiger charge is 2.38. The van der Waals surface area contributed by atoms with Crippen molar-refractivity contribution in [2.75, 3.05) is 18.0 Å². The molecule has 1 N–H and O–H groups in total. The van der Waals surface area contributed by atoms with Gasteiger partial charge in [-0.15, -0.1) is 5.10 Å². The number of aliphatic carboxylic acids is 1. The van der Waals surface area contributed by atoms with Crippen LogP contribution in [0.5, 0.6) is 0 Å². The molecule has 3 aromatic rings. The maximum Gasteiger partial charge on any atom is 0.417 e. The molecule has 2 aromatic carbocycles. The molecular formula is C22H18ClF4N3O3. The number of carbonyl (C=O) groups is 2. The fraction of sp³-hybridized carbons (Fsp3) is 0.318. The Labute approximate surface area is 190 Å². The molecule has 0 unspecified atom stereocenters. The Morgan fingerprint density at radius 1 is 1.18 bits per heavy atom. The van der Waals surface area contributed by atoms with E-state index in [1.165, 1.54) is 12.1 Å². The van der Waals surface area contributed by atoms with Crippen LogP contribution in [0.25, 0.3) is 10.9 Å². The van der Waals surface area contributed by atoms with E-state index in [4.69, 9.17) is 11.6 Å². The maximum absolute atomic E-state index is 14.8. The van der Waals surface area contributed by atoms with Crippen LogP contribution in [0, 0.1) is 17.7 Å². The summed E-state index contributed by atoms with van der Waals surface area (Å²) in [7, 11) is 0. The van der Waals surface area contributed by atoms with Crippen LogP contribution < -0.4 is 4.90 Å². The van der Waals surface area contributed by atoms with Crippen LogP contribution >= 0.6 is 11.6 Å². The number of alkyl halides is 3. The molecule has 1 aromatic heterocycles. The lowest BCUT2D eigenvalue weighted by Gasteiger charge is -2.35. The second-order valence-corrected chi connectivity index (χ2v) is 8.40. The minimum Gasteiger partial charge on any atom is -0.481 e. The van der Waals surface area contributed by atoms with Crippen LogP contribution in [-0.2, 0) is 11.0 Å². The molecule has 1 aliphatic heterocycles. The van der Waals surface area contributed by atoms with Gasteiger partial charge in [0.25, 0.3) is 5.91 Å². The Hall–Kier alpha value is -3.14. The number of rotatable bonds is 3. The minimum absolute atomic E-state index is 0.0175. The molecule has 1 aliphatic rings. The van der Waals surface area contributed by atoms with E-state index in [0.717, 1.165) is 28.9 Å². The van der Waals surface area contributed by atoms with Crippen molar-refractivity contribution < 1.29 is 32.3 Å². The van der Waals surface area contributed by atoms with E-state index < -0.39 is 45.9 Å².